The van der Waals surface area contributed by atoms with Gasteiger partial charge in [0.25, 0.3) is 5.91 Å². The van der Waals surface area contributed by atoms with Gasteiger partial charge < -0.3 is 20.9 Å². The highest BCUT2D eigenvalue weighted by molar-refractivity contribution is 7.09. The highest BCUT2D eigenvalue weighted by Crippen LogP contribution is 2.30. The van der Waals surface area contributed by atoms with Crippen molar-refractivity contribution in [2.24, 2.45) is 11.1 Å². The van der Waals surface area contributed by atoms with Gasteiger partial charge in [0.15, 0.2) is 0 Å². The second kappa shape index (κ2) is 6.29. The molecule has 110 valence electrons. The normalized spacial score (nSPS) is 17.6. The van der Waals surface area contributed by atoms with Crippen LogP contribution in [0.4, 0.5) is 0 Å². The average Bonchev–Trinajstić information content (AvgIpc) is 2.94. The molecule has 4 N–H and O–H groups in total. The SMILES string of the molecule is NCc1nc(C(=O)NCC2(C(=O)O)CCOCC2)cs1. The number of amides is 1. The molecule has 0 spiro atoms. The van der Waals surface area contributed by atoms with Crippen molar-refractivity contribution in [3.63, 3.8) is 0 Å². The molecule has 1 saturated heterocycles. The number of aliphatic carboxylic acids is 1. The van der Waals surface area contributed by atoms with Gasteiger partial charge in [0.2, 0.25) is 0 Å². The number of hydrogen-bond donors (Lipinski definition) is 3. The molecule has 1 aromatic rings. The number of carbonyl (C=O) groups excluding carboxylic acids is 1. The van der Waals surface area contributed by atoms with Gasteiger partial charge in [0.1, 0.15) is 10.7 Å². The number of aromatic nitrogens is 1. The number of nitrogens with zero attached hydrogens (tertiary/aromatic N) is 1. The molecule has 0 atom stereocenters. The maximum atomic E-state index is 11.9. The number of carbonyl (C=O) groups is 2. The highest BCUT2D eigenvalue weighted by atomic mass is 32.1. The minimum atomic E-state index is -0.944. The number of nitrogens with one attached hydrogen (secondary N) is 1. The number of nitrogens with two attached hydrogens (primary N) is 1. The molecule has 1 fully saturated rings. The van der Waals surface area contributed by atoms with Gasteiger partial charge in [-0.2, -0.15) is 0 Å². The molecule has 8 heteroatoms. The average molecular weight is 299 g/mol. The molecule has 0 unspecified atom stereocenters. The Hall–Kier alpha value is -1.51. The molecule has 0 bridgehead atoms. The largest absolute Gasteiger partial charge is 0.481 e. The van der Waals surface area contributed by atoms with Crippen LogP contribution in [0.1, 0.15) is 28.3 Å². The van der Waals surface area contributed by atoms with E-state index in [0.29, 0.717) is 31.1 Å². The summed E-state index contributed by atoms with van der Waals surface area (Å²) >= 11 is 1.31. The Balaban J connectivity index is 1.98. The van der Waals surface area contributed by atoms with Gasteiger partial charge in [0.05, 0.1) is 5.41 Å². The minimum absolute atomic E-state index is 0.0833. The van der Waals surface area contributed by atoms with Crippen molar-refractivity contribution in [3.8, 4) is 0 Å². The van der Waals surface area contributed by atoms with Crippen LogP contribution in [0.2, 0.25) is 0 Å². The summed E-state index contributed by atoms with van der Waals surface area (Å²) in [6.07, 6.45) is 0.793. The molecule has 20 heavy (non-hydrogen) atoms. The van der Waals surface area contributed by atoms with Crippen molar-refractivity contribution in [2.45, 2.75) is 19.4 Å². The van der Waals surface area contributed by atoms with Crippen LogP contribution in [0.15, 0.2) is 5.38 Å². The molecule has 2 rings (SSSR count). The lowest BCUT2D eigenvalue weighted by Crippen LogP contribution is -2.46. The van der Waals surface area contributed by atoms with Crippen molar-refractivity contribution in [1.82, 2.24) is 10.3 Å². The third kappa shape index (κ3) is 3.14. The summed E-state index contributed by atoms with van der Waals surface area (Å²) in [7, 11) is 0. The summed E-state index contributed by atoms with van der Waals surface area (Å²) in [5, 5.41) is 14.3. The Morgan fingerprint density at radius 1 is 1.50 bits per heavy atom. The summed E-state index contributed by atoms with van der Waals surface area (Å²) in [5.74, 6) is -1.27. The van der Waals surface area contributed by atoms with E-state index in [-0.39, 0.29) is 24.7 Å². The van der Waals surface area contributed by atoms with Crippen LogP contribution < -0.4 is 11.1 Å². The van der Waals surface area contributed by atoms with Crippen LogP contribution >= 0.6 is 11.3 Å². The predicted octanol–water partition coefficient (Wildman–Crippen LogP) is 0.213. The topological polar surface area (TPSA) is 115 Å². The molecular weight excluding hydrogens is 282 g/mol. The van der Waals surface area contributed by atoms with E-state index in [2.05, 4.69) is 10.3 Å². The second-order valence-electron chi connectivity index (χ2n) is 4.71. The molecule has 2 heterocycles. The van der Waals surface area contributed by atoms with Gasteiger partial charge in [-0.05, 0) is 12.8 Å². The lowest BCUT2D eigenvalue weighted by molar-refractivity contribution is -0.154. The summed E-state index contributed by atoms with van der Waals surface area (Å²) in [6, 6.07) is 0. The molecule has 0 saturated carbocycles. The smallest absolute Gasteiger partial charge is 0.311 e. The molecular formula is C12H17N3O4S. The van der Waals surface area contributed by atoms with E-state index >= 15 is 0 Å². The van der Waals surface area contributed by atoms with Crippen molar-refractivity contribution in [2.75, 3.05) is 19.8 Å². The van der Waals surface area contributed by atoms with Crippen LogP contribution in [-0.4, -0.2) is 41.7 Å². The zero-order valence-corrected chi connectivity index (χ0v) is 11.7. The quantitative estimate of drug-likeness (QED) is 0.716. The number of carboxylic acid groups (broad SMARTS) is 1. The van der Waals surface area contributed by atoms with E-state index in [9.17, 15) is 14.7 Å². The van der Waals surface area contributed by atoms with Crippen LogP contribution in [0.5, 0.6) is 0 Å². The Morgan fingerprint density at radius 2 is 2.20 bits per heavy atom. The molecule has 1 amide bonds. The lowest BCUT2D eigenvalue weighted by atomic mass is 9.80. The number of rotatable bonds is 5. The van der Waals surface area contributed by atoms with E-state index < -0.39 is 11.4 Å². The Morgan fingerprint density at radius 3 is 2.75 bits per heavy atom. The van der Waals surface area contributed by atoms with E-state index in [4.69, 9.17) is 10.5 Å². The molecule has 1 aliphatic heterocycles. The van der Waals surface area contributed by atoms with Gasteiger partial charge >= 0.3 is 5.97 Å². The lowest BCUT2D eigenvalue weighted by Gasteiger charge is -2.32. The minimum Gasteiger partial charge on any atom is -0.481 e. The van der Waals surface area contributed by atoms with Crippen LogP contribution in [0.3, 0.4) is 0 Å². The molecule has 1 aromatic heterocycles. The molecule has 0 radical (unpaired) electrons. The van der Waals surface area contributed by atoms with Gasteiger partial charge in [-0.15, -0.1) is 11.3 Å². The van der Waals surface area contributed by atoms with Gasteiger partial charge in [-0.3, -0.25) is 9.59 Å². The highest BCUT2D eigenvalue weighted by Gasteiger charge is 2.40. The second-order valence-corrected chi connectivity index (χ2v) is 5.65. The van der Waals surface area contributed by atoms with Gasteiger partial charge in [0, 0.05) is 31.7 Å². The zero-order valence-electron chi connectivity index (χ0n) is 10.9. The fourth-order valence-electron chi connectivity index (χ4n) is 2.08. The number of thiazole rings is 1. The first kappa shape index (κ1) is 14.9. The van der Waals surface area contributed by atoms with Crippen LogP contribution in [-0.2, 0) is 16.1 Å². The maximum Gasteiger partial charge on any atom is 0.311 e. The van der Waals surface area contributed by atoms with Gasteiger partial charge in [-0.1, -0.05) is 0 Å². The Labute approximate surface area is 120 Å². The zero-order chi connectivity index (χ0) is 14.6. The summed E-state index contributed by atoms with van der Waals surface area (Å²) < 4.78 is 5.18. The summed E-state index contributed by atoms with van der Waals surface area (Å²) in [4.78, 5) is 27.5. The molecule has 0 aliphatic carbocycles. The van der Waals surface area contributed by atoms with Crippen molar-refractivity contribution >= 4 is 23.2 Å². The third-order valence-corrected chi connectivity index (χ3v) is 4.32. The monoisotopic (exact) mass is 299 g/mol. The third-order valence-electron chi connectivity index (χ3n) is 3.45. The van der Waals surface area contributed by atoms with Crippen molar-refractivity contribution < 1.29 is 19.4 Å². The fourth-order valence-corrected chi connectivity index (χ4v) is 2.73. The molecule has 7 nitrogen and oxygen atoms in total. The number of hydrogen-bond acceptors (Lipinski definition) is 6. The number of carboxylic acids is 1. The van der Waals surface area contributed by atoms with Crippen LogP contribution in [0.25, 0.3) is 0 Å². The Bertz CT molecular complexity index is 497. The first-order valence-corrected chi connectivity index (χ1v) is 7.19. The standard InChI is InChI=1S/C12H17N3O4S/c13-5-9-15-8(6-20-9)10(16)14-7-12(11(17)18)1-3-19-4-2-12/h6H,1-5,7,13H2,(H,14,16)(H,17,18). The van der Waals surface area contributed by atoms with E-state index in [0.717, 1.165) is 0 Å². The van der Waals surface area contributed by atoms with Crippen molar-refractivity contribution in [1.29, 1.82) is 0 Å². The first-order chi connectivity index (χ1) is 9.57. The van der Waals surface area contributed by atoms with Gasteiger partial charge in [-0.25, -0.2) is 4.98 Å². The Kier molecular flexibility index (Phi) is 4.69. The summed E-state index contributed by atoms with van der Waals surface area (Å²) in [6.45, 7) is 1.17. The van der Waals surface area contributed by atoms with E-state index in [1.807, 2.05) is 0 Å². The first-order valence-electron chi connectivity index (χ1n) is 6.31. The fraction of sp³-hybridized carbons (Fsp3) is 0.583. The van der Waals surface area contributed by atoms with E-state index in [1.165, 1.54) is 11.3 Å². The number of ether oxygens (including phenoxy) is 1. The summed E-state index contributed by atoms with van der Waals surface area (Å²) in [5.41, 5.74) is 4.78. The maximum absolute atomic E-state index is 11.9. The van der Waals surface area contributed by atoms with Crippen LogP contribution in [0, 0.1) is 5.41 Å². The molecule has 1 aliphatic rings. The molecule has 0 aromatic carbocycles. The predicted molar refractivity (Wildman–Crippen MR) is 72.5 cm³/mol. The van der Waals surface area contributed by atoms with Crippen molar-refractivity contribution in [3.05, 3.63) is 16.1 Å². The van der Waals surface area contributed by atoms with E-state index in [1.54, 1.807) is 5.38 Å².